The Kier molecular flexibility index (Phi) is 3.23. The first kappa shape index (κ1) is 12.4. The zero-order valence-corrected chi connectivity index (χ0v) is 10.1. The van der Waals surface area contributed by atoms with E-state index in [0.717, 1.165) is 12.1 Å². The van der Waals surface area contributed by atoms with E-state index in [1.165, 1.54) is 12.1 Å². The summed E-state index contributed by atoms with van der Waals surface area (Å²) in [7, 11) is 0. The third-order valence-electron chi connectivity index (χ3n) is 3.34. The molecule has 1 unspecified atom stereocenters. The topological polar surface area (TPSA) is 80.8 Å². The van der Waals surface area contributed by atoms with Gasteiger partial charge in [-0.05, 0) is 12.1 Å². The molecule has 3 N–H and O–H groups in total. The lowest BCUT2D eigenvalue weighted by Crippen LogP contribution is -2.32. The first-order chi connectivity index (χ1) is 8.50. The van der Waals surface area contributed by atoms with E-state index < -0.39 is 12.0 Å². The number of phenols is 2. The maximum Gasteiger partial charge on any atom is 0.372 e. The molecule has 2 rings (SSSR count). The van der Waals surface area contributed by atoms with Crippen LogP contribution in [0.3, 0.4) is 0 Å². The van der Waals surface area contributed by atoms with E-state index in [2.05, 4.69) is 0 Å². The molecule has 0 amide bonds. The van der Waals surface area contributed by atoms with Crippen molar-refractivity contribution in [1.82, 2.24) is 0 Å². The van der Waals surface area contributed by atoms with Crippen LogP contribution in [-0.2, 0) is 4.79 Å². The second-order valence-electron chi connectivity index (χ2n) is 4.48. The van der Waals surface area contributed by atoms with Gasteiger partial charge in [0.25, 0.3) is 0 Å². The summed E-state index contributed by atoms with van der Waals surface area (Å²) in [6.07, 6.45) is 1.44. The van der Waals surface area contributed by atoms with E-state index in [-0.39, 0.29) is 11.5 Å². The van der Waals surface area contributed by atoms with Gasteiger partial charge in [0.2, 0.25) is 6.04 Å². The Hall–Kier alpha value is -2.04. The van der Waals surface area contributed by atoms with Gasteiger partial charge in [-0.1, -0.05) is 0 Å². The number of hydrogen-bond acceptors (Lipinski definition) is 3. The van der Waals surface area contributed by atoms with Crippen molar-refractivity contribution >= 4 is 11.7 Å². The van der Waals surface area contributed by atoms with Gasteiger partial charge in [-0.25, -0.2) is 9.37 Å². The summed E-state index contributed by atoms with van der Waals surface area (Å²) in [6, 6.07) is 3.80. The molecule has 1 saturated heterocycles. The highest BCUT2D eigenvalue weighted by atomic mass is 16.4. The number of carboxylic acid groups (broad SMARTS) is 1. The van der Waals surface area contributed by atoms with Crippen LogP contribution in [0.1, 0.15) is 25.3 Å². The van der Waals surface area contributed by atoms with E-state index in [9.17, 15) is 15.0 Å². The second kappa shape index (κ2) is 4.68. The van der Waals surface area contributed by atoms with Crippen LogP contribution in [0.15, 0.2) is 18.2 Å². The summed E-state index contributed by atoms with van der Waals surface area (Å²) in [5, 5.41) is 28.2. The summed E-state index contributed by atoms with van der Waals surface area (Å²) >= 11 is 0. The summed E-state index contributed by atoms with van der Waals surface area (Å²) in [5.74, 6) is -0.895. The van der Waals surface area contributed by atoms with Crippen LogP contribution >= 0.6 is 0 Å². The van der Waals surface area contributed by atoms with E-state index in [4.69, 9.17) is 5.11 Å². The van der Waals surface area contributed by atoms with Crippen molar-refractivity contribution in [3.8, 4) is 11.5 Å². The van der Waals surface area contributed by atoms with Crippen LogP contribution in [0, 0.1) is 0 Å². The van der Waals surface area contributed by atoms with Gasteiger partial charge in [0.1, 0.15) is 18.0 Å². The molecule has 1 aromatic rings. The lowest BCUT2D eigenvalue weighted by atomic mass is 10.1. The van der Waals surface area contributed by atoms with Gasteiger partial charge in [-0.3, -0.25) is 0 Å². The molecular weight excluding hydrogens is 234 g/mol. The highest BCUT2D eigenvalue weighted by molar-refractivity contribution is 5.98. The molecule has 1 aliphatic heterocycles. The Balaban J connectivity index is 2.46. The molecule has 1 heterocycles. The average molecular weight is 250 g/mol. The number of carbonyl (C=O) groups is 1. The Morgan fingerprint density at radius 1 is 1.39 bits per heavy atom. The molecule has 0 aromatic heterocycles. The first-order valence-corrected chi connectivity index (χ1v) is 5.86. The van der Waals surface area contributed by atoms with Crippen molar-refractivity contribution in [3.63, 3.8) is 0 Å². The Morgan fingerprint density at radius 2 is 2.11 bits per heavy atom. The standard InChI is InChI=1S/C13H15NO4/c1-8(10-5-4-9(15)7-12(10)16)14-6-2-3-11(14)13(17)18/h4-5,7,11H,2-3,6H2,1H3,(H2,15,16,17,18)/p+1. The normalized spacial score (nSPS) is 21.9. The van der Waals surface area contributed by atoms with Crippen molar-refractivity contribution < 1.29 is 24.7 Å². The summed E-state index contributed by atoms with van der Waals surface area (Å²) < 4.78 is 1.79. The minimum atomic E-state index is -0.842. The van der Waals surface area contributed by atoms with Gasteiger partial charge >= 0.3 is 5.97 Å². The fourth-order valence-electron chi connectivity index (χ4n) is 2.41. The van der Waals surface area contributed by atoms with Crippen LogP contribution in [0.2, 0.25) is 0 Å². The van der Waals surface area contributed by atoms with Crippen molar-refractivity contribution in [2.75, 3.05) is 6.54 Å². The molecule has 5 nitrogen and oxygen atoms in total. The maximum absolute atomic E-state index is 11.1. The van der Waals surface area contributed by atoms with Crippen LogP contribution in [0.4, 0.5) is 0 Å². The number of benzene rings is 1. The SMILES string of the molecule is CC(c1ccc(O)cc1O)=[N+]1CCCC1C(=O)O. The monoisotopic (exact) mass is 250 g/mol. The average Bonchev–Trinajstić information content (AvgIpc) is 2.77. The molecule has 0 radical (unpaired) electrons. The zero-order chi connectivity index (χ0) is 13.3. The Labute approximate surface area is 105 Å². The Bertz CT molecular complexity index is 522. The number of nitrogens with zero attached hydrogens (tertiary/aromatic N) is 1. The highest BCUT2D eigenvalue weighted by Gasteiger charge is 2.36. The summed E-state index contributed by atoms with van der Waals surface area (Å²) in [4.78, 5) is 11.1. The lowest BCUT2D eigenvalue weighted by Gasteiger charge is -2.08. The molecule has 0 aliphatic carbocycles. The van der Waals surface area contributed by atoms with E-state index in [1.54, 1.807) is 17.6 Å². The molecule has 5 heteroatoms. The number of aromatic hydroxyl groups is 2. The summed E-state index contributed by atoms with van der Waals surface area (Å²) in [5.41, 5.74) is 1.28. The summed E-state index contributed by atoms with van der Waals surface area (Å²) in [6.45, 7) is 2.45. The number of phenolic OH excluding ortho intramolecular Hbond substituents is 2. The molecule has 0 saturated carbocycles. The van der Waals surface area contributed by atoms with E-state index >= 15 is 0 Å². The van der Waals surface area contributed by atoms with Gasteiger partial charge in [0, 0.05) is 25.8 Å². The molecular formula is C13H16NO4+. The van der Waals surface area contributed by atoms with Crippen LogP contribution in [-0.4, -0.2) is 44.2 Å². The quantitative estimate of drug-likeness (QED) is 0.688. The zero-order valence-electron chi connectivity index (χ0n) is 10.1. The fourth-order valence-corrected chi connectivity index (χ4v) is 2.41. The van der Waals surface area contributed by atoms with Crippen molar-refractivity contribution in [3.05, 3.63) is 23.8 Å². The second-order valence-corrected chi connectivity index (χ2v) is 4.48. The molecule has 1 aromatic carbocycles. The highest BCUT2D eigenvalue weighted by Crippen LogP contribution is 2.24. The fraction of sp³-hybridized carbons (Fsp3) is 0.385. The van der Waals surface area contributed by atoms with E-state index in [0.29, 0.717) is 18.5 Å². The predicted octanol–water partition coefficient (Wildman–Crippen LogP) is 1.17. The van der Waals surface area contributed by atoms with Gasteiger partial charge < -0.3 is 15.3 Å². The van der Waals surface area contributed by atoms with Gasteiger partial charge in [0.05, 0.1) is 5.56 Å². The molecule has 1 aliphatic rings. The van der Waals surface area contributed by atoms with Crippen LogP contribution in [0.5, 0.6) is 11.5 Å². The number of carboxylic acids is 1. The molecule has 96 valence electrons. The Morgan fingerprint density at radius 3 is 2.72 bits per heavy atom. The minimum Gasteiger partial charge on any atom is -0.508 e. The molecule has 0 bridgehead atoms. The van der Waals surface area contributed by atoms with Gasteiger partial charge in [0.15, 0.2) is 5.71 Å². The van der Waals surface area contributed by atoms with Crippen molar-refractivity contribution in [1.29, 1.82) is 0 Å². The van der Waals surface area contributed by atoms with Crippen molar-refractivity contribution in [2.45, 2.75) is 25.8 Å². The molecule has 1 fully saturated rings. The third-order valence-corrected chi connectivity index (χ3v) is 3.34. The minimum absolute atomic E-state index is 0.0137. The number of aliphatic carboxylic acids is 1. The maximum atomic E-state index is 11.1. The van der Waals surface area contributed by atoms with Gasteiger partial charge in [-0.2, -0.15) is 0 Å². The first-order valence-electron chi connectivity index (χ1n) is 5.86. The van der Waals surface area contributed by atoms with Crippen molar-refractivity contribution in [2.24, 2.45) is 0 Å². The van der Waals surface area contributed by atoms with Gasteiger partial charge in [-0.15, -0.1) is 0 Å². The smallest absolute Gasteiger partial charge is 0.372 e. The largest absolute Gasteiger partial charge is 0.508 e. The predicted molar refractivity (Wildman–Crippen MR) is 65.3 cm³/mol. The number of hydrogen-bond donors (Lipinski definition) is 3. The lowest BCUT2D eigenvalue weighted by molar-refractivity contribution is -0.532. The third kappa shape index (κ3) is 2.16. The molecule has 0 spiro atoms. The van der Waals surface area contributed by atoms with Crippen LogP contribution in [0.25, 0.3) is 0 Å². The van der Waals surface area contributed by atoms with E-state index in [1.807, 2.05) is 0 Å². The number of rotatable bonds is 2. The van der Waals surface area contributed by atoms with Crippen LogP contribution < -0.4 is 0 Å². The molecule has 1 atom stereocenters. The molecule has 18 heavy (non-hydrogen) atoms.